The summed E-state index contributed by atoms with van der Waals surface area (Å²) in [5, 5.41) is 2.57. The van der Waals surface area contributed by atoms with Crippen LogP contribution in [-0.4, -0.2) is 0 Å². The normalized spacial score (nSPS) is 12.0. The third kappa shape index (κ3) is 17.0. The van der Waals surface area contributed by atoms with Gasteiger partial charge in [0.2, 0.25) is 0 Å². The molecule has 5 aromatic carbocycles. The Morgan fingerprint density at radius 1 is 0.684 bits per heavy atom. The highest BCUT2D eigenvalue weighted by molar-refractivity contribution is 5.94. The van der Waals surface area contributed by atoms with Crippen molar-refractivity contribution in [3.05, 3.63) is 192 Å². The van der Waals surface area contributed by atoms with Crippen LogP contribution in [-0.2, 0) is 0 Å². The lowest BCUT2D eigenvalue weighted by Crippen LogP contribution is -2.01. The molecular weight excluding hydrogens is 685 g/mol. The standard InChI is InChI=1S/C40H40.C7H8.C3H8.3C2H6.CH4/c1-5-14-34(20-12-15-31-23-25-33(26-24-31)32-16-8-7-9-17-32)38-22-13-21-37(29(3)6-2)40(38)39-28-36-19-11-10-18-35(36)27-30(39)4;1-7-5-3-2-4-6-7;1-3-2;3*1-2;/h5,7-14,16-23,25,27-29H,1,6,15,24,26H2,2-4H3;2-6H,1H3;3H2,1-2H3;3*1-2H3;1H4/b20-12-,34-14+;;;;;;. The highest BCUT2D eigenvalue weighted by Gasteiger charge is 2.18. The zero-order valence-corrected chi connectivity index (χ0v) is 37.3. The van der Waals surface area contributed by atoms with Crippen LogP contribution in [0.3, 0.4) is 0 Å². The van der Waals surface area contributed by atoms with Gasteiger partial charge < -0.3 is 0 Å². The number of benzene rings is 5. The number of aryl methyl sites for hydroxylation is 2. The zero-order chi connectivity index (χ0) is 41.7. The van der Waals surface area contributed by atoms with Crippen LogP contribution < -0.4 is 0 Å². The van der Waals surface area contributed by atoms with E-state index in [4.69, 9.17) is 0 Å². The third-order valence-electron chi connectivity index (χ3n) is 9.21. The topological polar surface area (TPSA) is 0 Å². The van der Waals surface area contributed by atoms with Gasteiger partial charge in [0.05, 0.1) is 0 Å². The summed E-state index contributed by atoms with van der Waals surface area (Å²) < 4.78 is 0. The molecule has 0 radical (unpaired) electrons. The van der Waals surface area contributed by atoms with Crippen molar-refractivity contribution in [1.29, 1.82) is 0 Å². The smallest absolute Gasteiger partial charge is 0.00677 e. The molecule has 0 nitrogen and oxygen atoms in total. The summed E-state index contributed by atoms with van der Waals surface area (Å²) in [6.45, 7) is 29.3. The summed E-state index contributed by atoms with van der Waals surface area (Å²) >= 11 is 0. The van der Waals surface area contributed by atoms with E-state index < -0.39 is 0 Å². The Morgan fingerprint density at radius 2 is 1.25 bits per heavy atom. The predicted molar refractivity (Wildman–Crippen MR) is 264 cm³/mol. The Labute approximate surface area is 351 Å². The largest absolute Gasteiger partial charge is 0.0990 e. The van der Waals surface area contributed by atoms with Gasteiger partial charge in [-0.2, -0.15) is 0 Å². The van der Waals surface area contributed by atoms with Gasteiger partial charge in [-0.1, -0.05) is 246 Å². The van der Waals surface area contributed by atoms with E-state index in [-0.39, 0.29) is 7.43 Å². The first kappa shape index (κ1) is 52.1. The second-order valence-electron chi connectivity index (χ2n) is 13.3. The van der Waals surface area contributed by atoms with Gasteiger partial charge in [0.25, 0.3) is 0 Å². The lowest BCUT2D eigenvalue weighted by molar-refractivity contribution is 0.735. The minimum Gasteiger partial charge on any atom is -0.0990 e. The van der Waals surface area contributed by atoms with Crippen molar-refractivity contribution in [2.24, 2.45) is 0 Å². The fourth-order valence-electron chi connectivity index (χ4n) is 6.34. The summed E-state index contributed by atoms with van der Waals surface area (Å²) in [6, 6.07) is 41.2. The summed E-state index contributed by atoms with van der Waals surface area (Å²) in [5.41, 5.74) is 13.4. The monoisotopic (exact) mass is 763 g/mol. The van der Waals surface area contributed by atoms with E-state index in [2.05, 4.69) is 176 Å². The SMILES string of the molecule is C.C=C/C=C(\C=C/CC1=CC=C(c2ccccc2)CC1)c1cccc(C(C)CC)c1-c1cc2ccccc2cc1C.CC.CC.CC.CCC.Cc1ccccc1. The second kappa shape index (κ2) is 31.2. The van der Waals surface area contributed by atoms with Gasteiger partial charge in [-0.05, 0) is 107 Å². The summed E-state index contributed by atoms with van der Waals surface area (Å²) in [5.74, 6) is 0.466. The van der Waals surface area contributed by atoms with Crippen molar-refractivity contribution in [2.45, 2.75) is 129 Å². The molecule has 1 unspecified atom stereocenters. The molecule has 0 heterocycles. The van der Waals surface area contributed by atoms with Crippen molar-refractivity contribution >= 4 is 21.9 Å². The summed E-state index contributed by atoms with van der Waals surface area (Å²) in [7, 11) is 0. The van der Waals surface area contributed by atoms with Crippen LogP contribution in [0.1, 0.15) is 143 Å². The van der Waals surface area contributed by atoms with Gasteiger partial charge in [0.15, 0.2) is 0 Å². The molecule has 1 aliphatic carbocycles. The van der Waals surface area contributed by atoms with E-state index in [0.717, 1.165) is 25.7 Å². The summed E-state index contributed by atoms with van der Waals surface area (Å²) in [6.07, 6.45) is 18.9. The molecule has 0 heteroatoms. The number of rotatable bonds is 9. The van der Waals surface area contributed by atoms with Gasteiger partial charge in [0.1, 0.15) is 0 Å². The molecule has 0 spiro atoms. The maximum absolute atomic E-state index is 4.07. The average molecular weight is 763 g/mol. The maximum atomic E-state index is 4.07. The van der Waals surface area contributed by atoms with Crippen LogP contribution in [0.5, 0.6) is 0 Å². The molecule has 306 valence electrons. The fraction of sp³-hybridized carbons (Fsp3) is 0.333. The lowest BCUT2D eigenvalue weighted by Gasteiger charge is -2.22. The number of hydrogen-bond donors (Lipinski definition) is 0. The third-order valence-corrected chi connectivity index (χ3v) is 9.21. The fourth-order valence-corrected chi connectivity index (χ4v) is 6.34. The Balaban J connectivity index is 0.00000158. The molecule has 0 bridgehead atoms. The van der Waals surface area contributed by atoms with E-state index in [9.17, 15) is 0 Å². The molecule has 5 aromatic rings. The van der Waals surface area contributed by atoms with Crippen LogP contribution in [0.25, 0.3) is 33.0 Å². The average Bonchev–Trinajstić information content (AvgIpc) is 3.26. The van der Waals surface area contributed by atoms with Crippen molar-refractivity contribution in [3.8, 4) is 11.1 Å². The first-order valence-electron chi connectivity index (χ1n) is 21.5. The molecule has 0 fully saturated rings. The number of allylic oxidation sites excluding steroid dienone is 9. The Morgan fingerprint density at radius 3 is 1.75 bits per heavy atom. The lowest BCUT2D eigenvalue weighted by atomic mass is 9.82. The molecule has 0 amide bonds. The summed E-state index contributed by atoms with van der Waals surface area (Å²) in [4.78, 5) is 0. The van der Waals surface area contributed by atoms with Crippen LogP contribution in [0.4, 0.5) is 0 Å². The van der Waals surface area contributed by atoms with Crippen molar-refractivity contribution in [1.82, 2.24) is 0 Å². The van der Waals surface area contributed by atoms with Crippen molar-refractivity contribution < 1.29 is 0 Å². The Bertz CT molecular complexity index is 1930. The highest BCUT2D eigenvalue weighted by atomic mass is 14.2. The molecular formula is C57H78. The predicted octanol–water partition coefficient (Wildman–Crippen LogP) is 18.8. The Kier molecular flexibility index (Phi) is 28.5. The molecule has 0 saturated heterocycles. The van der Waals surface area contributed by atoms with Crippen molar-refractivity contribution in [2.75, 3.05) is 0 Å². The van der Waals surface area contributed by atoms with E-state index >= 15 is 0 Å². The van der Waals surface area contributed by atoms with Crippen LogP contribution >= 0.6 is 0 Å². The molecule has 1 atom stereocenters. The Hall–Kier alpha value is -4.94. The minimum atomic E-state index is 0. The molecule has 0 N–H and O–H groups in total. The first-order chi connectivity index (χ1) is 27.4. The highest BCUT2D eigenvalue weighted by Crippen LogP contribution is 2.40. The number of fused-ring (bicyclic) bond motifs is 1. The van der Waals surface area contributed by atoms with Gasteiger partial charge in [-0.15, -0.1) is 0 Å². The van der Waals surface area contributed by atoms with Crippen LogP contribution in [0.2, 0.25) is 0 Å². The number of hydrogen-bond acceptors (Lipinski definition) is 0. The van der Waals surface area contributed by atoms with E-state index in [0.29, 0.717) is 5.92 Å². The van der Waals surface area contributed by atoms with E-state index in [1.807, 2.05) is 65.8 Å². The molecule has 0 saturated carbocycles. The van der Waals surface area contributed by atoms with Gasteiger partial charge in [-0.25, -0.2) is 0 Å². The second-order valence-corrected chi connectivity index (χ2v) is 13.3. The molecule has 57 heavy (non-hydrogen) atoms. The molecule has 6 rings (SSSR count). The first-order valence-corrected chi connectivity index (χ1v) is 21.5. The van der Waals surface area contributed by atoms with Gasteiger partial charge in [-0.3, -0.25) is 0 Å². The maximum Gasteiger partial charge on any atom is -0.00677 e. The quantitative estimate of drug-likeness (QED) is 0.131. The van der Waals surface area contributed by atoms with Crippen LogP contribution in [0, 0.1) is 13.8 Å². The minimum absolute atomic E-state index is 0. The van der Waals surface area contributed by atoms with E-state index in [1.54, 1.807) is 0 Å². The molecule has 0 aromatic heterocycles. The van der Waals surface area contributed by atoms with Gasteiger partial charge >= 0.3 is 0 Å². The molecule has 1 aliphatic rings. The van der Waals surface area contributed by atoms with Crippen molar-refractivity contribution in [3.63, 3.8) is 0 Å². The zero-order valence-electron chi connectivity index (χ0n) is 37.3. The molecule has 0 aliphatic heterocycles. The van der Waals surface area contributed by atoms with E-state index in [1.165, 1.54) is 72.9 Å². The van der Waals surface area contributed by atoms with Gasteiger partial charge in [0, 0.05) is 0 Å². The van der Waals surface area contributed by atoms with Crippen LogP contribution in [0.15, 0.2) is 164 Å².